The summed E-state index contributed by atoms with van der Waals surface area (Å²) in [4.78, 5) is 12.1. The summed E-state index contributed by atoms with van der Waals surface area (Å²) in [5, 5.41) is 4.03. The summed E-state index contributed by atoms with van der Waals surface area (Å²) < 4.78 is 12.5. The monoisotopic (exact) mass is 452 g/mol. The summed E-state index contributed by atoms with van der Waals surface area (Å²) in [5.41, 5.74) is 4.92. The smallest absolute Gasteiger partial charge is 0.271 e. The number of rotatable bonds is 8. The second-order valence-electron chi connectivity index (χ2n) is 6.12. The van der Waals surface area contributed by atoms with Gasteiger partial charge in [0.25, 0.3) is 5.91 Å². The molecular formula is C23H21BrN2O3. The number of hydrazone groups is 1. The first-order chi connectivity index (χ1) is 14.2. The van der Waals surface area contributed by atoms with Crippen molar-refractivity contribution in [2.45, 2.75) is 13.5 Å². The Kier molecular flexibility index (Phi) is 7.41. The van der Waals surface area contributed by atoms with Crippen molar-refractivity contribution >= 4 is 28.1 Å². The molecule has 0 aliphatic heterocycles. The molecule has 0 radical (unpaired) electrons. The topological polar surface area (TPSA) is 59.9 Å². The first kappa shape index (κ1) is 20.6. The van der Waals surface area contributed by atoms with Crippen LogP contribution in [-0.2, 0) is 6.61 Å². The van der Waals surface area contributed by atoms with Crippen molar-refractivity contribution in [3.63, 3.8) is 0 Å². The number of ether oxygens (including phenoxy) is 2. The van der Waals surface area contributed by atoms with Gasteiger partial charge in [0.2, 0.25) is 0 Å². The maximum atomic E-state index is 12.1. The van der Waals surface area contributed by atoms with Crippen molar-refractivity contribution in [3.8, 4) is 11.5 Å². The minimum atomic E-state index is -0.276. The predicted molar refractivity (Wildman–Crippen MR) is 118 cm³/mol. The highest BCUT2D eigenvalue weighted by Gasteiger charge is 2.07. The molecule has 0 aromatic heterocycles. The minimum absolute atomic E-state index is 0.276. The molecule has 0 saturated heterocycles. The number of halogens is 1. The van der Waals surface area contributed by atoms with Gasteiger partial charge in [-0.05, 0) is 60.5 Å². The van der Waals surface area contributed by atoms with Crippen LogP contribution in [0.4, 0.5) is 0 Å². The lowest BCUT2D eigenvalue weighted by molar-refractivity contribution is 0.0955. The maximum absolute atomic E-state index is 12.1. The number of hydrogen-bond donors (Lipinski definition) is 1. The molecule has 0 spiro atoms. The third-order valence-corrected chi connectivity index (χ3v) is 4.52. The number of amides is 1. The normalized spacial score (nSPS) is 10.7. The highest BCUT2D eigenvalue weighted by molar-refractivity contribution is 9.10. The van der Waals surface area contributed by atoms with Crippen LogP contribution in [0.15, 0.2) is 82.4 Å². The molecule has 0 atom stereocenters. The fraction of sp³-hybridized carbons (Fsp3) is 0.130. The molecule has 3 aromatic rings. The Balaban J connectivity index is 1.64. The van der Waals surface area contributed by atoms with E-state index in [0.717, 1.165) is 15.6 Å². The van der Waals surface area contributed by atoms with Crippen LogP contribution in [0.5, 0.6) is 11.5 Å². The van der Waals surface area contributed by atoms with Crippen molar-refractivity contribution in [1.82, 2.24) is 5.43 Å². The molecule has 3 aromatic carbocycles. The number of hydrogen-bond acceptors (Lipinski definition) is 4. The molecule has 0 aliphatic rings. The highest BCUT2D eigenvalue weighted by Crippen LogP contribution is 2.28. The van der Waals surface area contributed by atoms with Gasteiger partial charge < -0.3 is 9.47 Å². The maximum Gasteiger partial charge on any atom is 0.271 e. The van der Waals surface area contributed by atoms with E-state index >= 15 is 0 Å². The molecule has 3 rings (SSSR count). The average molecular weight is 453 g/mol. The Hall–Kier alpha value is -3.12. The van der Waals surface area contributed by atoms with E-state index in [-0.39, 0.29) is 5.91 Å². The molecule has 0 unspecified atom stereocenters. The van der Waals surface area contributed by atoms with Gasteiger partial charge in [-0.1, -0.05) is 46.3 Å². The quantitative estimate of drug-likeness (QED) is 0.377. The van der Waals surface area contributed by atoms with Crippen LogP contribution >= 0.6 is 15.9 Å². The number of carbonyl (C=O) groups is 1. The van der Waals surface area contributed by atoms with E-state index in [1.807, 2.05) is 55.5 Å². The molecular weight excluding hydrogens is 432 g/mol. The fourth-order valence-corrected chi connectivity index (χ4v) is 2.82. The SMILES string of the molecule is CCOc1cc(/C=N\NC(=O)c2ccc(Br)cc2)ccc1OCc1ccccc1. The molecule has 5 nitrogen and oxygen atoms in total. The number of benzene rings is 3. The van der Waals surface area contributed by atoms with Gasteiger partial charge in [-0.2, -0.15) is 5.10 Å². The first-order valence-electron chi connectivity index (χ1n) is 9.18. The summed E-state index contributed by atoms with van der Waals surface area (Å²) >= 11 is 3.34. The Morgan fingerprint density at radius 3 is 2.48 bits per heavy atom. The third kappa shape index (κ3) is 6.19. The van der Waals surface area contributed by atoms with Gasteiger partial charge in [-0.15, -0.1) is 0 Å². The Morgan fingerprint density at radius 1 is 1.00 bits per heavy atom. The number of nitrogens with one attached hydrogen (secondary N) is 1. The van der Waals surface area contributed by atoms with Crippen molar-refractivity contribution in [1.29, 1.82) is 0 Å². The summed E-state index contributed by atoms with van der Waals surface area (Å²) in [6.07, 6.45) is 1.57. The zero-order valence-electron chi connectivity index (χ0n) is 16.0. The second-order valence-corrected chi connectivity index (χ2v) is 7.04. The van der Waals surface area contributed by atoms with Gasteiger partial charge in [0.1, 0.15) is 6.61 Å². The second kappa shape index (κ2) is 10.4. The van der Waals surface area contributed by atoms with E-state index in [4.69, 9.17) is 9.47 Å². The van der Waals surface area contributed by atoms with E-state index in [1.54, 1.807) is 30.5 Å². The fourth-order valence-electron chi connectivity index (χ4n) is 2.56. The van der Waals surface area contributed by atoms with E-state index < -0.39 is 0 Å². The molecule has 0 saturated carbocycles. The van der Waals surface area contributed by atoms with E-state index in [0.29, 0.717) is 30.3 Å². The predicted octanol–water partition coefficient (Wildman–Crippen LogP) is 5.19. The van der Waals surface area contributed by atoms with Gasteiger partial charge in [-0.3, -0.25) is 4.79 Å². The van der Waals surface area contributed by atoms with Gasteiger partial charge >= 0.3 is 0 Å². The lowest BCUT2D eigenvalue weighted by atomic mass is 10.2. The first-order valence-corrected chi connectivity index (χ1v) is 9.97. The average Bonchev–Trinajstić information content (AvgIpc) is 2.74. The molecule has 0 bridgehead atoms. The van der Waals surface area contributed by atoms with Crippen molar-refractivity contribution in [2.24, 2.45) is 5.10 Å². The minimum Gasteiger partial charge on any atom is -0.490 e. The molecule has 0 aliphatic carbocycles. The Morgan fingerprint density at radius 2 is 1.76 bits per heavy atom. The van der Waals surface area contributed by atoms with Crippen LogP contribution in [0.3, 0.4) is 0 Å². The molecule has 6 heteroatoms. The van der Waals surface area contributed by atoms with E-state index in [1.165, 1.54) is 0 Å². The summed E-state index contributed by atoms with van der Waals surface area (Å²) in [6, 6.07) is 22.5. The lowest BCUT2D eigenvalue weighted by Crippen LogP contribution is -2.17. The number of nitrogens with zero attached hydrogens (tertiary/aromatic N) is 1. The van der Waals surface area contributed by atoms with Crippen LogP contribution in [0.1, 0.15) is 28.4 Å². The van der Waals surface area contributed by atoms with E-state index in [9.17, 15) is 4.79 Å². The van der Waals surface area contributed by atoms with Crippen LogP contribution in [-0.4, -0.2) is 18.7 Å². The van der Waals surface area contributed by atoms with Crippen LogP contribution in [0, 0.1) is 0 Å². The van der Waals surface area contributed by atoms with Crippen LogP contribution < -0.4 is 14.9 Å². The van der Waals surface area contributed by atoms with Gasteiger partial charge in [0.05, 0.1) is 12.8 Å². The third-order valence-electron chi connectivity index (χ3n) is 3.99. The molecule has 1 amide bonds. The lowest BCUT2D eigenvalue weighted by Gasteiger charge is -2.12. The Labute approximate surface area is 178 Å². The zero-order valence-corrected chi connectivity index (χ0v) is 17.6. The summed E-state index contributed by atoms with van der Waals surface area (Å²) in [6.45, 7) is 2.89. The Bertz CT molecular complexity index is 973. The standard InChI is InChI=1S/C23H21BrN2O3/c1-2-28-22-14-18(8-13-21(22)29-16-17-6-4-3-5-7-17)15-25-26-23(27)19-9-11-20(24)12-10-19/h3-15H,2,16H2,1H3,(H,26,27)/b25-15-. The number of carbonyl (C=O) groups excluding carboxylic acids is 1. The molecule has 29 heavy (non-hydrogen) atoms. The highest BCUT2D eigenvalue weighted by atomic mass is 79.9. The molecule has 0 heterocycles. The van der Waals surface area contributed by atoms with Gasteiger partial charge in [0.15, 0.2) is 11.5 Å². The van der Waals surface area contributed by atoms with Crippen molar-refractivity contribution in [2.75, 3.05) is 6.61 Å². The molecule has 1 N–H and O–H groups in total. The molecule has 148 valence electrons. The van der Waals surface area contributed by atoms with Gasteiger partial charge in [0, 0.05) is 10.0 Å². The van der Waals surface area contributed by atoms with E-state index in [2.05, 4.69) is 26.5 Å². The van der Waals surface area contributed by atoms with Crippen molar-refractivity contribution in [3.05, 3.63) is 94.0 Å². The van der Waals surface area contributed by atoms with Crippen molar-refractivity contribution < 1.29 is 14.3 Å². The summed E-state index contributed by atoms with van der Waals surface area (Å²) in [5.74, 6) is 1.01. The summed E-state index contributed by atoms with van der Waals surface area (Å²) in [7, 11) is 0. The van der Waals surface area contributed by atoms with Crippen LogP contribution in [0.2, 0.25) is 0 Å². The van der Waals surface area contributed by atoms with Gasteiger partial charge in [-0.25, -0.2) is 5.43 Å². The largest absolute Gasteiger partial charge is 0.490 e. The van der Waals surface area contributed by atoms with Crippen LogP contribution in [0.25, 0.3) is 0 Å². The molecule has 0 fully saturated rings. The zero-order chi connectivity index (χ0) is 20.5.